The van der Waals surface area contributed by atoms with E-state index < -0.39 is 0 Å². The van der Waals surface area contributed by atoms with Crippen molar-refractivity contribution in [3.8, 4) is 0 Å². The van der Waals surface area contributed by atoms with Gasteiger partial charge < -0.3 is 10.6 Å². The van der Waals surface area contributed by atoms with Gasteiger partial charge in [-0.2, -0.15) is 0 Å². The third-order valence-corrected chi connectivity index (χ3v) is 4.25. The molecule has 1 aliphatic rings. The molecule has 0 bridgehead atoms. The highest BCUT2D eigenvalue weighted by Gasteiger charge is 2.15. The van der Waals surface area contributed by atoms with Gasteiger partial charge in [-0.15, -0.1) is 12.4 Å². The van der Waals surface area contributed by atoms with Crippen LogP contribution < -0.4 is 10.6 Å². The summed E-state index contributed by atoms with van der Waals surface area (Å²) in [5.41, 5.74) is 0.441. The van der Waals surface area contributed by atoms with Gasteiger partial charge in [-0.25, -0.2) is 0 Å². The van der Waals surface area contributed by atoms with E-state index in [2.05, 4.69) is 10.6 Å². The first-order valence-corrected chi connectivity index (χ1v) is 7.37. The Hall–Kier alpha value is -0.480. The molecule has 1 aromatic rings. The van der Waals surface area contributed by atoms with Crippen molar-refractivity contribution in [1.29, 1.82) is 0 Å². The SMILES string of the molecule is Cl.O=C(NCCC1CCCNC1)c1cccc(Cl)c1Cl. The lowest BCUT2D eigenvalue weighted by Crippen LogP contribution is -2.33. The summed E-state index contributed by atoms with van der Waals surface area (Å²) in [5.74, 6) is 0.500. The van der Waals surface area contributed by atoms with Crippen LogP contribution in [-0.2, 0) is 0 Å². The van der Waals surface area contributed by atoms with Gasteiger partial charge in [-0.05, 0) is 50.4 Å². The largest absolute Gasteiger partial charge is 0.352 e. The molecule has 1 aromatic carbocycles. The first kappa shape index (κ1) is 17.6. The van der Waals surface area contributed by atoms with E-state index in [9.17, 15) is 4.79 Å². The molecule has 0 saturated carbocycles. The Kier molecular flexibility index (Phi) is 7.67. The van der Waals surface area contributed by atoms with Gasteiger partial charge in [-0.3, -0.25) is 4.79 Å². The topological polar surface area (TPSA) is 41.1 Å². The maximum absolute atomic E-state index is 12.0. The maximum atomic E-state index is 12.0. The number of carbonyl (C=O) groups is 1. The van der Waals surface area contributed by atoms with E-state index in [1.165, 1.54) is 12.8 Å². The Morgan fingerprint density at radius 1 is 1.40 bits per heavy atom. The van der Waals surface area contributed by atoms with E-state index in [1.807, 2.05) is 0 Å². The van der Waals surface area contributed by atoms with Crippen LogP contribution in [0.1, 0.15) is 29.6 Å². The summed E-state index contributed by atoms with van der Waals surface area (Å²) in [5, 5.41) is 7.00. The van der Waals surface area contributed by atoms with Crippen LogP contribution in [0, 0.1) is 5.92 Å². The summed E-state index contributed by atoms with van der Waals surface area (Å²) in [7, 11) is 0. The monoisotopic (exact) mass is 336 g/mol. The Morgan fingerprint density at radius 2 is 2.20 bits per heavy atom. The molecule has 1 unspecified atom stereocenters. The van der Waals surface area contributed by atoms with E-state index in [0.717, 1.165) is 19.5 Å². The smallest absolute Gasteiger partial charge is 0.252 e. The van der Waals surface area contributed by atoms with Crippen molar-refractivity contribution in [2.24, 2.45) is 5.92 Å². The third-order valence-electron chi connectivity index (χ3n) is 3.43. The third kappa shape index (κ3) is 4.81. The molecule has 1 aliphatic heterocycles. The van der Waals surface area contributed by atoms with Crippen LogP contribution in [0.25, 0.3) is 0 Å². The zero-order valence-electron chi connectivity index (χ0n) is 11.1. The standard InChI is InChI=1S/C14H18Cl2N2O.ClH/c15-12-5-1-4-11(13(12)16)14(19)18-8-6-10-3-2-7-17-9-10;/h1,4-5,10,17H,2-3,6-9H2,(H,18,19);1H. The summed E-state index contributed by atoms with van der Waals surface area (Å²) in [6.07, 6.45) is 3.45. The number of hydrogen-bond donors (Lipinski definition) is 2. The van der Waals surface area contributed by atoms with E-state index in [0.29, 0.717) is 28.1 Å². The molecule has 3 nitrogen and oxygen atoms in total. The fourth-order valence-electron chi connectivity index (χ4n) is 2.33. The zero-order valence-corrected chi connectivity index (χ0v) is 13.5. The second kappa shape index (κ2) is 8.73. The molecule has 6 heteroatoms. The first-order chi connectivity index (χ1) is 9.18. The van der Waals surface area contributed by atoms with Gasteiger partial charge in [0.25, 0.3) is 5.91 Å². The fourth-order valence-corrected chi connectivity index (χ4v) is 2.72. The summed E-state index contributed by atoms with van der Waals surface area (Å²) >= 11 is 11.9. The molecule has 1 fully saturated rings. The van der Waals surface area contributed by atoms with Crippen molar-refractivity contribution >= 4 is 41.5 Å². The van der Waals surface area contributed by atoms with Gasteiger partial charge >= 0.3 is 0 Å². The molecule has 0 radical (unpaired) electrons. The molecule has 20 heavy (non-hydrogen) atoms. The van der Waals surface area contributed by atoms with Crippen LogP contribution in [0.15, 0.2) is 18.2 Å². The molecule has 0 aromatic heterocycles. The molecule has 1 heterocycles. The van der Waals surface area contributed by atoms with E-state index in [4.69, 9.17) is 23.2 Å². The number of amides is 1. The summed E-state index contributed by atoms with van der Waals surface area (Å²) in [4.78, 5) is 12.0. The molecular weight excluding hydrogens is 319 g/mol. The van der Waals surface area contributed by atoms with Gasteiger partial charge in [0.05, 0.1) is 15.6 Å². The van der Waals surface area contributed by atoms with Gasteiger partial charge in [0, 0.05) is 6.54 Å². The number of hydrogen-bond acceptors (Lipinski definition) is 2. The minimum atomic E-state index is -0.156. The highest BCUT2D eigenvalue weighted by molar-refractivity contribution is 6.43. The molecule has 0 aliphatic carbocycles. The number of nitrogens with one attached hydrogen (secondary N) is 2. The van der Waals surface area contributed by atoms with Gasteiger partial charge in [-0.1, -0.05) is 29.3 Å². The zero-order chi connectivity index (χ0) is 13.7. The molecule has 2 rings (SSSR count). The molecule has 112 valence electrons. The lowest BCUT2D eigenvalue weighted by molar-refractivity contribution is 0.0951. The minimum Gasteiger partial charge on any atom is -0.352 e. The van der Waals surface area contributed by atoms with Gasteiger partial charge in [0.1, 0.15) is 0 Å². The summed E-state index contributed by atoms with van der Waals surface area (Å²) < 4.78 is 0. The van der Waals surface area contributed by atoms with Crippen molar-refractivity contribution < 1.29 is 4.79 Å². The first-order valence-electron chi connectivity index (χ1n) is 6.61. The number of benzene rings is 1. The highest BCUT2D eigenvalue weighted by Crippen LogP contribution is 2.25. The Balaban J connectivity index is 0.00000200. The number of piperidine rings is 1. The maximum Gasteiger partial charge on any atom is 0.252 e. The van der Waals surface area contributed by atoms with E-state index in [-0.39, 0.29) is 18.3 Å². The number of carbonyl (C=O) groups excluding carboxylic acids is 1. The van der Waals surface area contributed by atoms with Crippen LogP contribution in [0.3, 0.4) is 0 Å². The average molecular weight is 338 g/mol. The van der Waals surface area contributed by atoms with Crippen LogP contribution in [-0.4, -0.2) is 25.5 Å². The molecule has 1 amide bonds. The lowest BCUT2D eigenvalue weighted by atomic mass is 9.96. The van der Waals surface area contributed by atoms with Crippen LogP contribution in [0.5, 0.6) is 0 Å². The molecule has 1 atom stereocenters. The molecular formula is C14H19Cl3N2O. The lowest BCUT2D eigenvalue weighted by Gasteiger charge is -2.22. The molecule has 1 saturated heterocycles. The second-order valence-electron chi connectivity index (χ2n) is 4.86. The Bertz CT molecular complexity index is 448. The predicted molar refractivity (Wildman–Crippen MR) is 86.3 cm³/mol. The van der Waals surface area contributed by atoms with Crippen molar-refractivity contribution in [3.05, 3.63) is 33.8 Å². The van der Waals surface area contributed by atoms with Crippen molar-refractivity contribution in [2.75, 3.05) is 19.6 Å². The predicted octanol–water partition coefficient (Wildman–Crippen LogP) is 3.53. The van der Waals surface area contributed by atoms with Crippen LogP contribution >= 0.6 is 35.6 Å². The highest BCUT2D eigenvalue weighted by atomic mass is 35.5. The second-order valence-corrected chi connectivity index (χ2v) is 5.64. The van der Waals surface area contributed by atoms with Crippen LogP contribution in [0.2, 0.25) is 10.0 Å². The summed E-state index contributed by atoms with van der Waals surface area (Å²) in [6, 6.07) is 5.09. The van der Waals surface area contributed by atoms with Gasteiger partial charge in [0.15, 0.2) is 0 Å². The Morgan fingerprint density at radius 3 is 2.90 bits per heavy atom. The van der Waals surface area contributed by atoms with Crippen molar-refractivity contribution in [2.45, 2.75) is 19.3 Å². The average Bonchev–Trinajstić information content (AvgIpc) is 2.43. The molecule has 0 spiro atoms. The number of rotatable bonds is 4. The van der Waals surface area contributed by atoms with Gasteiger partial charge in [0.2, 0.25) is 0 Å². The van der Waals surface area contributed by atoms with E-state index >= 15 is 0 Å². The van der Waals surface area contributed by atoms with E-state index in [1.54, 1.807) is 18.2 Å². The minimum absolute atomic E-state index is 0. The normalized spacial score (nSPS) is 18.2. The van der Waals surface area contributed by atoms with Crippen molar-refractivity contribution in [3.63, 3.8) is 0 Å². The molecule has 2 N–H and O–H groups in total. The van der Waals surface area contributed by atoms with Crippen molar-refractivity contribution in [1.82, 2.24) is 10.6 Å². The fraction of sp³-hybridized carbons (Fsp3) is 0.500. The quantitative estimate of drug-likeness (QED) is 0.882. The Labute approximate surface area is 135 Å². The number of halogens is 3. The summed E-state index contributed by atoms with van der Waals surface area (Å²) in [6.45, 7) is 2.84. The van der Waals surface area contributed by atoms with Crippen LogP contribution in [0.4, 0.5) is 0 Å².